The summed E-state index contributed by atoms with van der Waals surface area (Å²) < 4.78 is 3.96. The third-order valence-electron chi connectivity index (χ3n) is 2.11. The molecule has 2 aromatic rings. The van der Waals surface area contributed by atoms with Gasteiger partial charge in [0.2, 0.25) is 0 Å². The molecule has 13 heavy (non-hydrogen) atoms. The van der Waals surface area contributed by atoms with Crippen LogP contribution in [0.5, 0.6) is 0 Å². The number of aryl methyl sites for hydroxylation is 3. The number of hydrogen-bond donors (Lipinski definition) is 0. The van der Waals surface area contributed by atoms with Crippen molar-refractivity contribution in [3.8, 4) is 0 Å². The van der Waals surface area contributed by atoms with Gasteiger partial charge in [0.05, 0.1) is 6.33 Å². The van der Waals surface area contributed by atoms with Crippen molar-refractivity contribution < 1.29 is 0 Å². The molecule has 4 nitrogen and oxygen atoms in total. The molecule has 0 fully saturated rings. The predicted molar refractivity (Wildman–Crippen MR) is 49.1 cm³/mol. The monoisotopic (exact) mass is 176 g/mol. The molecular formula is C9H12N4. The van der Waals surface area contributed by atoms with Gasteiger partial charge in [-0.05, 0) is 6.07 Å². The summed E-state index contributed by atoms with van der Waals surface area (Å²) in [7, 11) is 1.96. The normalized spacial score (nSPS) is 10.5. The average molecular weight is 176 g/mol. The van der Waals surface area contributed by atoms with Crippen LogP contribution in [-0.2, 0) is 20.0 Å². The van der Waals surface area contributed by atoms with Crippen LogP contribution in [-0.4, -0.2) is 19.3 Å². The molecule has 4 heteroatoms. The van der Waals surface area contributed by atoms with Crippen LogP contribution in [0.15, 0.2) is 31.0 Å². The molecule has 2 aromatic heterocycles. The molecule has 0 radical (unpaired) electrons. The van der Waals surface area contributed by atoms with E-state index in [9.17, 15) is 0 Å². The summed E-state index contributed by atoms with van der Waals surface area (Å²) in [5, 5.41) is 4.11. The van der Waals surface area contributed by atoms with Crippen LogP contribution < -0.4 is 0 Å². The molecule has 0 spiro atoms. The Morgan fingerprint density at radius 3 is 2.92 bits per heavy atom. The van der Waals surface area contributed by atoms with Crippen molar-refractivity contribution in [1.29, 1.82) is 0 Å². The fourth-order valence-electron chi connectivity index (χ4n) is 1.31. The number of imidazole rings is 1. The molecule has 0 bridgehead atoms. The van der Waals surface area contributed by atoms with Gasteiger partial charge in [-0.3, -0.25) is 4.68 Å². The maximum absolute atomic E-state index is 4.11. The zero-order valence-electron chi connectivity index (χ0n) is 7.59. The van der Waals surface area contributed by atoms with Crippen LogP contribution in [0.3, 0.4) is 0 Å². The van der Waals surface area contributed by atoms with Crippen molar-refractivity contribution in [3.63, 3.8) is 0 Å². The van der Waals surface area contributed by atoms with Gasteiger partial charge in [0, 0.05) is 44.3 Å². The van der Waals surface area contributed by atoms with E-state index >= 15 is 0 Å². The van der Waals surface area contributed by atoms with Crippen LogP contribution in [0.2, 0.25) is 0 Å². The Morgan fingerprint density at radius 1 is 1.38 bits per heavy atom. The van der Waals surface area contributed by atoms with E-state index < -0.39 is 0 Å². The lowest BCUT2D eigenvalue weighted by molar-refractivity contribution is 0.636. The molecular weight excluding hydrogens is 164 g/mol. The lowest BCUT2D eigenvalue weighted by atomic mass is 10.3. The summed E-state index contributed by atoms with van der Waals surface area (Å²) in [5.41, 5.74) is 1.24. The third-order valence-corrected chi connectivity index (χ3v) is 2.11. The fraction of sp³-hybridized carbons (Fsp3) is 0.333. The minimum Gasteiger partial charge on any atom is -0.337 e. The van der Waals surface area contributed by atoms with Crippen molar-refractivity contribution in [2.24, 2.45) is 7.05 Å². The van der Waals surface area contributed by atoms with Crippen LogP contribution >= 0.6 is 0 Å². The van der Waals surface area contributed by atoms with E-state index in [2.05, 4.69) is 14.6 Å². The van der Waals surface area contributed by atoms with Gasteiger partial charge in [-0.15, -0.1) is 0 Å². The molecule has 0 amide bonds. The molecule has 0 aliphatic rings. The number of nitrogens with zero attached hydrogens (tertiary/aromatic N) is 4. The number of hydrogen-bond acceptors (Lipinski definition) is 2. The van der Waals surface area contributed by atoms with Crippen molar-refractivity contribution in [3.05, 3.63) is 36.7 Å². The highest BCUT2D eigenvalue weighted by Gasteiger charge is 1.97. The Labute approximate surface area is 76.8 Å². The topological polar surface area (TPSA) is 35.6 Å². The lowest BCUT2D eigenvalue weighted by Crippen LogP contribution is -2.03. The van der Waals surface area contributed by atoms with Crippen molar-refractivity contribution >= 4 is 0 Å². The number of aromatic nitrogens is 4. The molecule has 2 heterocycles. The largest absolute Gasteiger partial charge is 0.337 e. The minimum atomic E-state index is 0.958. The summed E-state index contributed by atoms with van der Waals surface area (Å²) in [6, 6.07) is 2.04. The van der Waals surface area contributed by atoms with Crippen LogP contribution in [0.1, 0.15) is 5.69 Å². The standard InChI is InChI=1S/C9H12N4/c1-12-9(2-4-11-12)3-6-13-7-5-10-8-13/h2,4-5,7-8H,3,6H2,1H3. The van der Waals surface area contributed by atoms with Gasteiger partial charge in [-0.1, -0.05) is 0 Å². The fourth-order valence-corrected chi connectivity index (χ4v) is 1.31. The first kappa shape index (κ1) is 8.04. The summed E-state index contributed by atoms with van der Waals surface area (Å²) in [6.45, 7) is 0.958. The van der Waals surface area contributed by atoms with E-state index in [0.29, 0.717) is 0 Å². The Kier molecular flexibility index (Phi) is 2.12. The highest BCUT2D eigenvalue weighted by atomic mass is 15.3. The quantitative estimate of drug-likeness (QED) is 0.695. The average Bonchev–Trinajstić information content (AvgIpc) is 2.72. The molecule has 0 aromatic carbocycles. The van der Waals surface area contributed by atoms with Crippen molar-refractivity contribution in [2.45, 2.75) is 13.0 Å². The highest BCUT2D eigenvalue weighted by Crippen LogP contribution is 1.99. The zero-order valence-corrected chi connectivity index (χ0v) is 7.59. The van der Waals surface area contributed by atoms with Crippen LogP contribution in [0.25, 0.3) is 0 Å². The Bertz CT molecular complexity index is 361. The highest BCUT2D eigenvalue weighted by molar-refractivity contribution is 4.99. The number of rotatable bonds is 3. The predicted octanol–water partition coefficient (Wildman–Crippen LogP) is 0.859. The molecule has 0 saturated heterocycles. The zero-order chi connectivity index (χ0) is 9.10. The van der Waals surface area contributed by atoms with E-state index in [1.54, 1.807) is 6.20 Å². The smallest absolute Gasteiger partial charge is 0.0946 e. The minimum absolute atomic E-state index is 0.958. The molecule has 68 valence electrons. The van der Waals surface area contributed by atoms with E-state index in [-0.39, 0.29) is 0 Å². The molecule has 0 atom stereocenters. The van der Waals surface area contributed by atoms with E-state index in [4.69, 9.17) is 0 Å². The second kappa shape index (κ2) is 3.43. The van der Waals surface area contributed by atoms with Gasteiger partial charge < -0.3 is 4.57 Å². The second-order valence-corrected chi connectivity index (χ2v) is 3.00. The van der Waals surface area contributed by atoms with Crippen molar-refractivity contribution in [2.75, 3.05) is 0 Å². The van der Waals surface area contributed by atoms with Gasteiger partial charge in [0.1, 0.15) is 0 Å². The molecule has 0 aliphatic heterocycles. The van der Waals surface area contributed by atoms with Gasteiger partial charge >= 0.3 is 0 Å². The SMILES string of the molecule is Cn1nccc1CCn1ccnc1. The lowest BCUT2D eigenvalue weighted by Gasteiger charge is -2.02. The van der Waals surface area contributed by atoms with Gasteiger partial charge in [-0.2, -0.15) is 5.10 Å². The molecule has 0 aliphatic carbocycles. The first-order valence-electron chi connectivity index (χ1n) is 4.29. The maximum atomic E-state index is 4.11. The molecule has 2 rings (SSSR count). The van der Waals surface area contributed by atoms with Crippen molar-refractivity contribution in [1.82, 2.24) is 19.3 Å². The first-order valence-corrected chi connectivity index (χ1v) is 4.29. The Balaban J connectivity index is 1.97. The van der Waals surface area contributed by atoms with E-state index in [0.717, 1.165) is 13.0 Å². The van der Waals surface area contributed by atoms with Gasteiger partial charge in [0.15, 0.2) is 0 Å². The van der Waals surface area contributed by atoms with E-state index in [1.165, 1.54) is 5.69 Å². The summed E-state index contributed by atoms with van der Waals surface area (Å²) in [5.74, 6) is 0. The summed E-state index contributed by atoms with van der Waals surface area (Å²) in [6.07, 6.45) is 8.41. The summed E-state index contributed by atoms with van der Waals surface area (Å²) in [4.78, 5) is 3.99. The van der Waals surface area contributed by atoms with Gasteiger partial charge in [-0.25, -0.2) is 4.98 Å². The summed E-state index contributed by atoms with van der Waals surface area (Å²) >= 11 is 0. The first-order chi connectivity index (χ1) is 6.36. The Hall–Kier alpha value is -1.58. The molecule has 0 N–H and O–H groups in total. The Morgan fingerprint density at radius 2 is 2.31 bits per heavy atom. The van der Waals surface area contributed by atoms with Crippen LogP contribution in [0.4, 0.5) is 0 Å². The van der Waals surface area contributed by atoms with Crippen LogP contribution in [0, 0.1) is 0 Å². The third kappa shape index (κ3) is 1.77. The molecule has 0 unspecified atom stereocenters. The maximum Gasteiger partial charge on any atom is 0.0946 e. The van der Waals surface area contributed by atoms with Gasteiger partial charge in [0.25, 0.3) is 0 Å². The molecule has 0 saturated carbocycles. The van der Waals surface area contributed by atoms with E-state index in [1.807, 2.05) is 36.5 Å². The second-order valence-electron chi connectivity index (χ2n) is 3.00.